The van der Waals surface area contributed by atoms with Crippen LogP contribution in [0, 0.1) is 12.7 Å². The van der Waals surface area contributed by atoms with Gasteiger partial charge in [0.15, 0.2) is 0 Å². The molecular weight excluding hydrogens is 207 g/mol. The van der Waals surface area contributed by atoms with Gasteiger partial charge in [0.2, 0.25) is 0 Å². The van der Waals surface area contributed by atoms with Crippen molar-refractivity contribution >= 4 is 0 Å². The molecule has 1 saturated carbocycles. The van der Waals surface area contributed by atoms with Crippen LogP contribution in [0.5, 0.6) is 0 Å². The molecule has 0 aliphatic heterocycles. The van der Waals surface area contributed by atoms with Crippen LogP contribution in [0.25, 0.3) is 0 Å². The van der Waals surface area contributed by atoms with E-state index in [-0.39, 0.29) is 11.9 Å². The monoisotopic (exact) mass is 224 g/mol. The summed E-state index contributed by atoms with van der Waals surface area (Å²) in [6.07, 6.45) is 1.99. The maximum atomic E-state index is 13.0. The van der Waals surface area contributed by atoms with E-state index in [4.69, 9.17) is 0 Å². The molecule has 1 fully saturated rings. The first-order chi connectivity index (χ1) is 7.51. The Morgan fingerprint density at radius 3 is 2.50 bits per heavy atom. The molecule has 0 unspecified atom stereocenters. The number of hydrogen-bond acceptors (Lipinski definition) is 2. The lowest BCUT2D eigenvalue weighted by Crippen LogP contribution is -2.33. The third kappa shape index (κ3) is 2.11. The van der Waals surface area contributed by atoms with Crippen molar-refractivity contribution in [1.29, 1.82) is 0 Å². The first-order valence-corrected chi connectivity index (χ1v) is 5.68. The number of halogens is 1. The average molecular weight is 224 g/mol. The van der Waals surface area contributed by atoms with Gasteiger partial charge >= 0.3 is 0 Å². The van der Waals surface area contributed by atoms with E-state index in [0.29, 0.717) is 25.7 Å². The molecule has 1 aliphatic carbocycles. The van der Waals surface area contributed by atoms with Crippen molar-refractivity contribution in [3.05, 3.63) is 35.1 Å². The lowest BCUT2D eigenvalue weighted by Gasteiger charge is -2.35. The Bertz CT molecular complexity index is 382. The van der Waals surface area contributed by atoms with E-state index in [0.717, 1.165) is 11.1 Å². The summed E-state index contributed by atoms with van der Waals surface area (Å²) in [5.74, 6) is -0.277. The van der Waals surface area contributed by atoms with E-state index in [1.54, 1.807) is 13.0 Å². The first kappa shape index (κ1) is 11.6. The van der Waals surface area contributed by atoms with Crippen LogP contribution in [0.15, 0.2) is 18.2 Å². The van der Waals surface area contributed by atoms with Gasteiger partial charge in [-0.15, -0.1) is 0 Å². The van der Waals surface area contributed by atoms with Crippen LogP contribution in [0.3, 0.4) is 0 Å². The zero-order valence-electron chi connectivity index (χ0n) is 9.41. The van der Waals surface area contributed by atoms with Gasteiger partial charge < -0.3 is 10.2 Å². The van der Waals surface area contributed by atoms with Gasteiger partial charge in [0.05, 0.1) is 11.7 Å². The summed E-state index contributed by atoms with van der Waals surface area (Å²) in [5, 5.41) is 19.9. The van der Waals surface area contributed by atoms with Crippen LogP contribution in [0.1, 0.15) is 36.8 Å². The lowest BCUT2D eigenvalue weighted by atomic mass is 9.77. The zero-order valence-corrected chi connectivity index (χ0v) is 9.41. The van der Waals surface area contributed by atoms with Gasteiger partial charge in [0.1, 0.15) is 5.82 Å². The van der Waals surface area contributed by atoms with Gasteiger partial charge in [-0.1, -0.05) is 6.07 Å². The molecular formula is C13H17FO2. The van der Waals surface area contributed by atoms with Crippen molar-refractivity contribution in [2.75, 3.05) is 0 Å². The molecule has 2 N–H and O–H groups in total. The number of aryl methyl sites for hydroxylation is 1. The molecule has 0 spiro atoms. The fourth-order valence-electron chi connectivity index (χ4n) is 2.50. The Morgan fingerprint density at radius 1 is 1.31 bits per heavy atom. The molecule has 2 nitrogen and oxygen atoms in total. The van der Waals surface area contributed by atoms with Crippen LogP contribution in [0.2, 0.25) is 0 Å². The van der Waals surface area contributed by atoms with Crippen LogP contribution in [-0.4, -0.2) is 16.3 Å². The summed E-state index contributed by atoms with van der Waals surface area (Å²) in [4.78, 5) is 0. The minimum atomic E-state index is -0.892. The molecule has 1 aromatic carbocycles. The summed E-state index contributed by atoms with van der Waals surface area (Å²) >= 11 is 0. The largest absolute Gasteiger partial charge is 0.393 e. The third-order valence-electron chi connectivity index (χ3n) is 3.47. The molecule has 0 heterocycles. The van der Waals surface area contributed by atoms with E-state index in [9.17, 15) is 14.6 Å². The normalized spacial score (nSPS) is 30.4. The molecule has 0 atom stereocenters. The topological polar surface area (TPSA) is 40.5 Å². The summed E-state index contributed by atoms with van der Waals surface area (Å²) in [6, 6.07) is 4.48. The Morgan fingerprint density at radius 2 is 1.94 bits per heavy atom. The molecule has 0 radical (unpaired) electrons. The van der Waals surface area contributed by atoms with Crippen LogP contribution < -0.4 is 0 Å². The van der Waals surface area contributed by atoms with Gasteiger partial charge in [0.25, 0.3) is 0 Å². The molecule has 1 aromatic rings. The molecule has 16 heavy (non-hydrogen) atoms. The second-order valence-corrected chi connectivity index (χ2v) is 4.72. The number of aliphatic hydroxyl groups is 2. The van der Waals surface area contributed by atoms with Gasteiger partial charge in [-0.05, 0) is 55.9 Å². The first-order valence-electron chi connectivity index (χ1n) is 5.68. The molecule has 0 bridgehead atoms. The van der Waals surface area contributed by atoms with Crippen molar-refractivity contribution < 1.29 is 14.6 Å². The smallest absolute Gasteiger partial charge is 0.123 e. The fourth-order valence-corrected chi connectivity index (χ4v) is 2.50. The Hall–Kier alpha value is -0.930. The van der Waals surface area contributed by atoms with E-state index in [1.807, 2.05) is 0 Å². The Kier molecular flexibility index (Phi) is 3.00. The number of hydrogen-bond donors (Lipinski definition) is 2. The predicted octanol–water partition coefficient (Wildman–Crippen LogP) is 2.26. The van der Waals surface area contributed by atoms with Gasteiger partial charge in [0, 0.05) is 0 Å². The maximum absolute atomic E-state index is 13.0. The van der Waals surface area contributed by atoms with Gasteiger partial charge in [-0.3, -0.25) is 0 Å². The van der Waals surface area contributed by atoms with Gasteiger partial charge in [-0.25, -0.2) is 4.39 Å². The van der Waals surface area contributed by atoms with Crippen LogP contribution in [0.4, 0.5) is 4.39 Å². The SMILES string of the molecule is Cc1cc(F)ccc1C1(O)CCC(O)CC1. The van der Waals surface area contributed by atoms with Crippen molar-refractivity contribution in [3.8, 4) is 0 Å². The maximum Gasteiger partial charge on any atom is 0.123 e. The van der Waals surface area contributed by atoms with Crippen molar-refractivity contribution in [1.82, 2.24) is 0 Å². The molecule has 0 saturated heterocycles. The van der Waals surface area contributed by atoms with Crippen LogP contribution >= 0.6 is 0 Å². The van der Waals surface area contributed by atoms with E-state index in [1.165, 1.54) is 12.1 Å². The average Bonchev–Trinajstić information content (AvgIpc) is 2.22. The number of aliphatic hydroxyl groups excluding tert-OH is 1. The van der Waals surface area contributed by atoms with Gasteiger partial charge in [-0.2, -0.15) is 0 Å². The second-order valence-electron chi connectivity index (χ2n) is 4.72. The standard InChI is InChI=1S/C13H17FO2/c1-9-8-10(14)2-3-12(9)13(16)6-4-11(15)5-7-13/h2-3,8,11,15-16H,4-7H2,1H3. The minimum Gasteiger partial charge on any atom is -0.393 e. The number of rotatable bonds is 1. The highest BCUT2D eigenvalue weighted by molar-refractivity contribution is 5.32. The highest BCUT2D eigenvalue weighted by Crippen LogP contribution is 2.38. The van der Waals surface area contributed by atoms with E-state index in [2.05, 4.69) is 0 Å². The Balaban J connectivity index is 2.29. The highest BCUT2D eigenvalue weighted by Gasteiger charge is 2.35. The lowest BCUT2D eigenvalue weighted by molar-refractivity contribution is -0.0365. The molecule has 2 rings (SSSR count). The van der Waals surface area contributed by atoms with Crippen molar-refractivity contribution in [2.45, 2.75) is 44.3 Å². The second kappa shape index (κ2) is 4.15. The summed E-state index contributed by atoms with van der Waals surface area (Å²) in [7, 11) is 0. The minimum absolute atomic E-state index is 0.277. The zero-order chi connectivity index (χ0) is 11.8. The van der Waals surface area contributed by atoms with E-state index < -0.39 is 5.60 Å². The Labute approximate surface area is 94.7 Å². The van der Waals surface area contributed by atoms with E-state index >= 15 is 0 Å². The number of benzene rings is 1. The molecule has 1 aliphatic rings. The van der Waals surface area contributed by atoms with Crippen LogP contribution in [-0.2, 0) is 5.60 Å². The third-order valence-corrected chi connectivity index (χ3v) is 3.47. The van der Waals surface area contributed by atoms with Crippen molar-refractivity contribution in [3.63, 3.8) is 0 Å². The van der Waals surface area contributed by atoms with Crippen molar-refractivity contribution in [2.24, 2.45) is 0 Å². The summed E-state index contributed by atoms with van der Waals surface area (Å²) < 4.78 is 13.0. The quantitative estimate of drug-likeness (QED) is 0.768. The summed E-state index contributed by atoms with van der Waals surface area (Å²) in [5.41, 5.74) is 0.677. The molecule has 0 aromatic heterocycles. The molecule has 0 amide bonds. The predicted molar refractivity (Wildman–Crippen MR) is 59.5 cm³/mol. The highest BCUT2D eigenvalue weighted by atomic mass is 19.1. The summed E-state index contributed by atoms with van der Waals surface area (Å²) in [6.45, 7) is 1.81. The molecule has 3 heteroatoms. The fraction of sp³-hybridized carbons (Fsp3) is 0.538. The molecule has 88 valence electrons.